The first-order valence-electron chi connectivity index (χ1n) is 4.91. The minimum absolute atomic E-state index is 0.128. The summed E-state index contributed by atoms with van der Waals surface area (Å²) in [5, 5.41) is 11.6. The predicted molar refractivity (Wildman–Crippen MR) is 57.7 cm³/mol. The highest BCUT2D eigenvalue weighted by molar-refractivity contribution is 5.52. The fourth-order valence-electron chi connectivity index (χ4n) is 1.46. The zero-order chi connectivity index (χ0) is 11.0. The van der Waals surface area contributed by atoms with Gasteiger partial charge in [-0.25, -0.2) is 0 Å². The van der Waals surface area contributed by atoms with Crippen molar-refractivity contribution in [2.45, 2.75) is 33.6 Å². The first-order chi connectivity index (χ1) is 6.71. The van der Waals surface area contributed by atoms with Crippen molar-refractivity contribution in [3.63, 3.8) is 0 Å². The second-order valence-corrected chi connectivity index (χ2v) is 3.03. The molecule has 0 aromatic carbocycles. The Hall–Kier alpha value is -1.09. The van der Waals surface area contributed by atoms with Crippen molar-refractivity contribution in [2.75, 3.05) is 6.61 Å². The number of carbonyl (C=O) groups excluding carboxylic acids is 1. The van der Waals surface area contributed by atoms with Crippen LogP contribution in [-0.2, 0) is 4.79 Å². The van der Waals surface area contributed by atoms with E-state index in [1.165, 1.54) is 0 Å². The molecular weight excluding hydrogens is 178 g/mol. The summed E-state index contributed by atoms with van der Waals surface area (Å²) in [4.78, 5) is 10.3. The van der Waals surface area contributed by atoms with Crippen LogP contribution < -0.4 is 5.32 Å². The van der Waals surface area contributed by atoms with Crippen LogP contribution in [0.3, 0.4) is 0 Å². The minimum atomic E-state index is -0.128. The molecule has 0 aliphatic heterocycles. The fourth-order valence-corrected chi connectivity index (χ4v) is 1.46. The van der Waals surface area contributed by atoms with E-state index in [0.29, 0.717) is 12.1 Å². The molecule has 0 atom stereocenters. The molecule has 0 radical (unpaired) electrons. The maximum absolute atomic E-state index is 10.3. The maximum Gasteiger partial charge on any atom is 0.211 e. The summed E-state index contributed by atoms with van der Waals surface area (Å²) in [6.45, 7) is 5.92. The number of aliphatic hydroxyl groups excluding tert-OH is 1. The number of nitrogens with one attached hydrogen (secondary N) is 1. The normalized spacial score (nSPS) is 13.6. The molecule has 0 bridgehead atoms. The van der Waals surface area contributed by atoms with E-state index in [4.69, 9.17) is 5.11 Å². The summed E-state index contributed by atoms with van der Waals surface area (Å²) in [6, 6.07) is 0. The standard InChI is InChI=1S/C11H19NO2/c1-4-6-9(3)10(5-2)11(7-13)12-8-14/h6,8,13H,4-5,7H2,1-3H3,(H,12,14)/b9-6?,11-10+. The largest absolute Gasteiger partial charge is 0.390 e. The van der Waals surface area contributed by atoms with Gasteiger partial charge in [-0.15, -0.1) is 0 Å². The monoisotopic (exact) mass is 197 g/mol. The second kappa shape index (κ2) is 7.33. The summed E-state index contributed by atoms with van der Waals surface area (Å²) in [6.07, 6.45) is 4.44. The highest BCUT2D eigenvalue weighted by Gasteiger charge is 2.05. The molecule has 0 saturated heterocycles. The molecular formula is C11H19NO2. The average Bonchev–Trinajstić information content (AvgIpc) is 2.18. The van der Waals surface area contributed by atoms with Gasteiger partial charge in [-0.1, -0.05) is 25.5 Å². The van der Waals surface area contributed by atoms with Crippen LogP contribution in [-0.4, -0.2) is 18.1 Å². The van der Waals surface area contributed by atoms with Crippen molar-refractivity contribution in [3.05, 3.63) is 22.9 Å². The van der Waals surface area contributed by atoms with Crippen LogP contribution >= 0.6 is 0 Å². The molecule has 3 nitrogen and oxygen atoms in total. The predicted octanol–water partition coefficient (Wildman–Crippen LogP) is 1.75. The molecule has 0 unspecified atom stereocenters. The SMILES string of the molecule is CCC=C(C)/C(CC)=C(\CO)NC=O. The first kappa shape index (κ1) is 12.9. The number of allylic oxidation sites excluding steroid dienone is 3. The second-order valence-electron chi connectivity index (χ2n) is 3.03. The lowest BCUT2D eigenvalue weighted by atomic mass is 10.0. The van der Waals surface area contributed by atoms with Crippen LogP contribution in [0.5, 0.6) is 0 Å². The van der Waals surface area contributed by atoms with Crippen LogP contribution in [0.2, 0.25) is 0 Å². The van der Waals surface area contributed by atoms with E-state index in [1.54, 1.807) is 0 Å². The van der Waals surface area contributed by atoms with E-state index in [1.807, 2.05) is 13.8 Å². The zero-order valence-corrected chi connectivity index (χ0v) is 9.13. The molecule has 80 valence electrons. The molecule has 2 N–H and O–H groups in total. The van der Waals surface area contributed by atoms with Gasteiger partial charge in [-0.05, 0) is 25.3 Å². The van der Waals surface area contributed by atoms with Crippen LogP contribution in [0.15, 0.2) is 22.9 Å². The summed E-state index contributed by atoms with van der Waals surface area (Å²) < 4.78 is 0. The third-order valence-corrected chi connectivity index (χ3v) is 2.10. The molecule has 0 fully saturated rings. The van der Waals surface area contributed by atoms with Gasteiger partial charge in [0, 0.05) is 5.70 Å². The lowest BCUT2D eigenvalue weighted by Crippen LogP contribution is -2.16. The quantitative estimate of drug-likeness (QED) is 0.503. The van der Waals surface area contributed by atoms with Crippen molar-refractivity contribution in [3.8, 4) is 0 Å². The lowest BCUT2D eigenvalue weighted by Gasteiger charge is -2.11. The molecule has 0 heterocycles. The van der Waals surface area contributed by atoms with Crippen LogP contribution in [0.4, 0.5) is 0 Å². The number of rotatable bonds is 6. The highest BCUT2D eigenvalue weighted by atomic mass is 16.3. The molecule has 0 spiro atoms. The van der Waals surface area contributed by atoms with Gasteiger partial charge in [0.1, 0.15) is 0 Å². The van der Waals surface area contributed by atoms with Gasteiger partial charge in [-0.2, -0.15) is 0 Å². The van der Waals surface area contributed by atoms with E-state index in [-0.39, 0.29) is 6.61 Å². The Balaban J connectivity index is 4.95. The van der Waals surface area contributed by atoms with Crippen molar-refractivity contribution in [1.29, 1.82) is 0 Å². The van der Waals surface area contributed by atoms with Gasteiger partial charge < -0.3 is 10.4 Å². The molecule has 0 saturated carbocycles. The number of hydrogen-bond donors (Lipinski definition) is 2. The Morgan fingerprint density at radius 1 is 1.43 bits per heavy atom. The van der Waals surface area contributed by atoms with Gasteiger partial charge in [0.25, 0.3) is 0 Å². The molecule has 0 aliphatic rings. The fraction of sp³-hybridized carbons (Fsp3) is 0.545. The van der Waals surface area contributed by atoms with E-state index >= 15 is 0 Å². The molecule has 1 amide bonds. The molecule has 3 heteroatoms. The summed E-state index contributed by atoms with van der Waals surface area (Å²) in [5.74, 6) is 0. The third kappa shape index (κ3) is 3.75. The van der Waals surface area contributed by atoms with Gasteiger partial charge >= 0.3 is 0 Å². The summed E-state index contributed by atoms with van der Waals surface area (Å²) in [5.41, 5.74) is 2.74. The first-order valence-corrected chi connectivity index (χ1v) is 4.91. The Bertz CT molecular complexity index is 242. The van der Waals surface area contributed by atoms with Crippen LogP contribution in [0.25, 0.3) is 0 Å². The van der Waals surface area contributed by atoms with Crippen molar-refractivity contribution >= 4 is 6.41 Å². The van der Waals surface area contributed by atoms with Crippen molar-refractivity contribution < 1.29 is 9.90 Å². The van der Waals surface area contributed by atoms with E-state index < -0.39 is 0 Å². The van der Waals surface area contributed by atoms with E-state index in [2.05, 4.69) is 18.3 Å². The zero-order valence-electron chi connectivity index (χ0n) is 9.13. The van der Waals surface area contributed by atoms with Gasteiger partial charge in [0.2, 0.25) is 6.41 Å². The maximum atomic E-state index is 10.3. The number of carbonyl (C=O) groups is 1. The Morgan fingerprint density at radius 2 is 2.07 bits per heavy atom. The number of amides is 1. The number of aliphatic hydroxyl groups is 1. The van der Waals surface area contributed by atoms with E-state index in [0.717, 1.165) is 24.0 Å². The molecule has 0 aromatic rings. The molecule has 0 aromatic heterocycles. The number of hydrogen-bond acceptors (Lipinski definition) is 2. The van der Waals surface area contributed by atoms with Crippen LogP contribution in [0, 0.1) is 0 Å². The van der Waals surface area contributed by atoms with Gasteiger partial charge in [-0.3, -0.25) is 4.79 Å². The Labute approximate surface area is 85.5 Å². The molecule has 14 heavy (non-hydrogen) atoms. The third-order valence-electron chi connectivity index (χ3n) is 2.10. The Kier molecular flexibility index (Phi) is 6.76. The average molecular weight is 197 g/mol. The van der Waals surface area contributed by atoms with Crippen molar-refractivity contribution in [1.82, 2.24) is 5.32 Å². The van der Waals surface area contributed by atoms with Crippen LogP contribution in [0.1, 0.15) is 33.6 Å². The molecule has 0 rings (SSSR count). The smallest absolute Gasteiger partial charge is 0.211 e. The topological polar surface area (TPSA) is 49.3 Å². The summed E-state index contributed by atoms with van der Waals surface area (Å²) >= 11 is 0. The van der Waals surface area contributed by atoms with Gasteiger partial charge in [0.15, 0.2) is 0 Å². The minimum Gasteiger partial charge on any atom is -0.390 e. The van der Waals surface area contributed by atoms with E-state index in [9.17, 15) is 4.79 Å². The lowest BCUT2D eigenvalue weighted by molar-refractivity contribution is -0.109. The summed E-state index contributed by atoms with van der Waals surface area (Å²) in [7, 11) is 0. The Morgan fingerprint density at radius 3 is 2.43 bits per heavy atom. The highest BCUT2D eigenvalue weighted by Crippen LogP contribution is 2.16. The molecule has 0 aliphatic carbocycles. The van der Waals surface area contributed by atoms with Gasteiger partial charge in [0.05, 0.1) is 6.61 Å². The van der Waals surface area contributed by atoms with Crippen molar-refractivity contribution in [2.24, 2.45) is 0 Å².